The standard InChI is InChI=1S/C17H26ClN3/c1-11-8-9-19-15-13(11)20-14(12(2)18)21(15)17(6,7)10-16(3,4)5/h8-9,12H,10H2,1-7H3. The van der Waals surface area contributed by atoms with Gasteiger partial charge in [-0.2, -0.15) is 0 Å². The molecule has 0 saturated carbocycles. The minimum atomic E-state index is -0.141. The van der Waals surface area contributed by atoms with Crippen molar-refractivity contribution in [2.24, 2.45) is 5.41 Å². The molecule has 0 saturated heterocycles. The highest BCUT2D eigenvalue weighted by atomic mass is 35.5. The van der Waals surface area contributed by atoms with E-state index in [0.29, 0.717) is 0 Å². The first kappa shape index (κ1) is 16.3. The van der Waals surface area contributed by atoms with Crippen molar-refractivity contribution in [3.8, 4) is 0 Å². The summed E-state index contributed by atoms with van der Waals surface area (Å²) in [6, 6.07) is 2.00. The second kappa shape index (κ2) is 5.28. The van der Waals surface area contributed by atoms with Crippen LogP contribution in [0.3, 0.4) is 0 Å². The number of alkyl halides is 1. The first-order chi connectivity index (χ1) is 9.53. The summed E-state index contributed by atoms with van der Waals surface area (Å²) in [5, 5.41) is -0.141. The molecule has 0 aliphatic carbocycles. The van der Waals surface area contributed by atoms with Crippen LogP contribution >= 0.6 is 11.6 Å². The lowest BCUT2D eigenvalue weighted by atomic mass is 9.81. The van der Waals surface area contributed by atoms with Crippen molar-refractivity contribution in [1.29, 1.82) is 0 Å². The lowest BCUT2D eigenvalue weighted by molar-refractivity contribution is 0.214. The van der Waals surface area contributed by atoms with Gasteiger partial charge in [0.25, 0.3) is 0 Å². The molecule has 116 valence electrons. The van der Waals surface area contributed by atoms with Crippen LogP contribution in [-0.4, -0.2) is 14.5 Å². The molecule has 2 rings (SSSR count). The van der Waals surface area contributed by atoms with Crippen LogP contribution in [0.1, 0.15) is 64.7 Å². The Labute approximate surface area is 132 Å². The van der Waals surface area contributed by atoms with Crippen molar-refractivity contribution in [2.45, 2.75) is 65.8 Å². The molecule has 0 aromatic carbocycles. The van der Waals surface area contributed by atoms with Gasteiger partial charge >= 0.3 is 0 Å². The van der Waals surface area contributed by atoms with Gasteiger partial charge in [-0.15, -0.1) is 11.6 Å². The van der Waals surface area contributed by atoms with E-state index in [9.17, 15) is 0 Å². The maximum Gasteiger partial charge on any atom is 0.160 e. The Morgan fingerprint density at radius 1 is 1.24 bits per heavy atom. The summed E-state index contributed by atoms with van der Waals surface area (Å²) >= 11 is 6.40. The van der Waals surface area contributed by atoms with Gasteiger partial charge in [-0.25, -0.2) is 9.97 Å². The average molecular weight is 308 g/mol. The molecule has 0 spiro atoms. The molecule has 3 nitrogen and oxygen atoms in total. The lowest BCUT2D eigenvalue weighted by Gasteiger charge is -2.35. The van der Waals surface area contributed by atoms with Crippen LogP contribution in [0, 0.1) is 12.3 Å². The number of fused-ring (bicyclic) bond motifs is 1. The average Bonchev–Trinajstić information content (AvgIpc) is 2.67. The predicted octanol–water partition coefficient (Wildman–Crippen LogP) is 5.21. The van der Waals surface area contributed by atoms with Crippen molar-refractivity contribution in [3.63, 3.8) is 0 Å². The molecule has 0 bridgehead atoms. The zero-order chi connectivity index (χ0) is 16.0. The summed E-state index contributed by atoms with van der Waals surface area (Å²) in [4.78, 5) is 9.36. The Hall–Kier alpha value is -1.09. The number of hydrogen-bond acceptors (Lipinski definition) is 2. The second-order valence-corrected chi connectivity index (χ2v) is 8.43. The van der Waals surface area contributed by atoms with Crippen LogP contribution in [0.4, 0.5) is 0 Å². The highest BCUT2D eigenvalue weighted by molar-refractivity contribution is 6.20. The van der Waals surface area contributed by atoms with Crippen molar-refractivity contribution in [1.82, 2.24) is 14.5 Å². The number of aryl methyl sites for hydroxylation is 1. The SMILES string of the molecule is Cc1ccnc2c1nc(C(C)Cl)n2C(C)(C)CC(C)(C)C. The summed E-state index contributed by atoms with van der Waals surface area (Å²) in [5.74, 6) is 0.905. The maximum atomic E-state index is 6.40. The van der Waals surface area contributed by atoms with E-state index >= 15 is 0 Å². The number of halogens is 1. The first-order valence-corrected chi connectivity index (χ1v) is 7.95. The highest BCUT2D eigenvalue weighted by Crippen LogP contribution is 2.37. The zero-order valence-electron chi connectivity index (χ0n) is 14.2. The highest BCUT2D eigenvalue weighted by Gasteiger charge is 2.32. The molecular weight excluding hydrogens is 282 g/mol. The van der Waals surface area contributed by atoms with E-state index in [2.05, 4.69) is 51.1 Å². The van der Waals surface area contributed by atoms with Crippen molar-refractivity contribution in [2.75, 3.05) is 0 Å². The smallest absolute Gasteiger partial charge is 0.160 e. The third-order valence-electron chi connectivity index (χ3n) is 3.70. The van der Waals surface area contributed by atoms with Crippen molar-refractivity contribution in [3.05, 3.63) is 23.7 Å². The summed E-state index contributed by atoms with van der Waals surface area (Å²) in [5.41, 5.74) is 3.17. The van der Waals surface area contributed by atoms with E-state index in [1.165, 1.54) is 0 Å². The van der Waals surface area contributed by atoms with E-state index in [4.69, 9.17) is 16.6 Å². The zero-order valence-corrected chi connectivity index (χ0v) is 14.9. The molecule has 0 radical (unpaired) electrons. The molecule has 2 aromatic heterocycles. The van der Waals surface area contributed by atoms with E-state index < -0.39 is 0 Å². The molecule has 1 atom stereocenters. The predicted molar refractivity (Wildman–Crippen MR) is 89.9 cm³/mol. The molecule has 21 heavy (non-hydrogen) atoms. The molecule has 2 heterocycles. The Bertz CT molecular complexity index is 648. The van der Waals surface area contributed by atoms with E-state index in [1.807, 2.05) is 19.2 Å². The van der Waals surface area contributed by atoms with Gasteiger partial charge in [0.15, 0.2) is 5.65 Å². The fourth-order valence-corrected chi connectivity index (χ4v) is 3.50. The normalized spacial score (nSPS) is 14.7. The van der Waals surface area contributed by atoms with Gasteiger partial charge in [0.05, 0.1) is 5.38 Å². The first-order valence-electron chi connectivity index (χ1n) is 7.51. The number of imidazole rings is 1. The number of aromatic nitrogens is 3. The molecular formula is C17H26ClN3. The molecule has 2 aromatic rings. The molecule has 0 aliphatic heterocycles. The maximum absolute atomic E-state index is 6.40. The number of hydrogen-bond donors (Lipinski definition) is 0. The van der Waals surface area contributed by atoms with Crippen LogP contribution in [0.15, 0.2) is 12.3 Å². The molecule has 1 unspecified atom stereocenters. The lowest BCUT2D eigenvalue weighted by Crippen LogP contribution is -2.33. The van der Waals surface area contributed by atoms with Gasteiger partial charge in [-0.05, 0) is 51.2 Å². The molecule has 0 aliphatic rings. The number of nitrogens with zero attached hydrogens (tertiary/aromatic N) is 3. The van der Waals surface area contributed by atoms with Gasteiger partial charge in [0.2, 0.25) is 0 Å². The van der Waals surface area contributed by atoms with E-state index in [0.717, 1.165) is 29.0 Å². The minimum Gasteiger partial charge on any atom is -0.306 e. The van der Waals surface area contributed by atoms with Crippen LogP contribution < -0.4 is 0 Å². The Balaban J connectivity index is 2.71. The molecule has 0 N–H and O–H groups in total. The van der Waals surface area contributed by atoms with E-state index in [-0.39, 0.29) is 16.3 Å². The third kappa shape index (κ3) is 3.23. The number of pyridine rings is 1. The minimum absolute atomic E-state index is 0.0910. The van der Waals surface area contributed by atoms with Crippen LogP contribution in [-0.2, 0) is 5.54 Å². The van der Waals surface area contributed by atoms with Gasteiger partial charge in [-0.3, -0.25) is 0 Å². The summed E-state index contributed by atoms with van der Waals surface area (Å²) in [7, 11) is 0. The Morgan fingerprint density at radius 2 is 1.86 bits per heavy atom. The van der Waals surface area contributed by atoms with Gasteiger partial charge in [0.1, 0.15) is 11.3 Å². The molecule has 4 heteroatoms. The largest absolute Gasteiger partial charge is 0.306 e. The van der Waals surface area contributed by atoms with Gasteiger partial charge < -0.3 is 4.57 Å². The summed E-state index contributed by atoms with van der Waals surface area (Å²) < 4.78 is 2.23. The Kier molecular flexibility index (Phi) is 4.09. The van der Waals surface area contributed by atoms with Crippen molar-refractivity contribution < 1.29 is 0 Å². The van der Waals surface area contributed by atoms with Gasteiger partial charge in [0, 0.05) is 11.7 Å². The van der Waals surface area contributed by atoms with Crippen LogP contribution in [0.2, 0.25) is 0 Å². The van der Waals surface area contributed by atoms with E-state index in [1.54, 1.807) is 0 Å². The summed E-state index contributed by atoms with van der Waals surface area (Å²) in [6.45, 7) is 15.3. The third-order valence-corrected chi connectivity index (χ3v) is 3.89. The van der Waals surface area contributed by atoms with Crippen molar-refractivity contribution >= 4 is 22.8 Å². The fraction of sp³-hybridized carbons (Fsp3) is 0.647. The molecule has 0 fully saturated rings. The topological polar surface area (TPSA) is 30.7 Å². The monoisotopic (exact) mass is 307 g/mol. The quantitative estimate of drug-likeness (QED) is 0.729. The van der Waals surface area contributed by atoms with Crippen LogP contribution in [0.25, 0.3) is 11.2 Å². The molecule has 0 amide bonds. The van der Waals surface area contributed by atoms with Gasteiger partial charge in [-0.1, -0.05) is 20.8 Å². The number of rotatable bonds is 3. The fourth-order valence-electron chi connectivity index (χ4n) is 3.35. The Morgan fingerprint density at radius 3 is 2.38 bits per heavy atom. The summed E-state index contributed by atoms with van der Waals surface area (Å²) in [6.07, 6.45) is 2.88. The second-order valence-electron chi connectivity index (χ2n) is 7.77. The van der Waals surface area contributed by atoms with Crippen LogP contribution in [0.5, 0.6) is 0 Å².